The predicted octanol–water partition coefficient (Wildman–Crippen LogP) is -0.266. The summed E-state index contributed by atoms with van der Waals surface area (Å²) < 4.78 is 47.5. The molecule has 11 heteroatoms. The van der Waals surface area contributed by atoms with E-state index in [0.717, 1.165) is 6.20 Å². The van der Waals surface area contributed by atoms with Gasteiger partial charge in [0.1, 0.15) is 10.7 Å². The maximum absolute atomic E-state index is 11.9. The highest BCUT2D eigenvalue weighted by Gasteiger charge is 2.16. The number of hydrogen-bond acceptors (Lipinski definition) is 6. The number of nitrogens with two attached hydrogens (primary N) is 1. The average Bonchev–Trinajstić information content (AvgIpc) is 2.33. The lowest BCUT2D eigenvalue weighted by atomic mass is 10.4. The molecule has 8 nitrogen and oxygen atoms in total. The summed E-state index contributed by atoms with van der Waals surface area (Å²) in [7, 11) is -5.78. The predicted molar refractivity (Wildman–Crippen MR) is 76.6 cm³/mol. The fourth-order valence-corrected chi connectivity index (χ4v) is 3.23. The molecule has 0 radical (unpaired) electrons. The van der Waals surface area contributed by atoms with Gasteiger partial charge in [-0.05, 0) is 12.5 Å². The van der Waals surface area contributed by atoms with Crippen molar-refractivity contribution >= 4 is 37.5 Å². The Morgan fingerprint density at radius 1 is 1.35 bits per heavy atom. The third kappa shape index (κ3) is 5.21. The van der Waals surface area contributed by atoms with Crippen LogP contribution in [0.2, 0.25) is 5.02 Å². The van der Waals surface area contributed by atoms with E-state index in [2.05, 4.69) is 15.0 Å². The quantitative estimate of drug-likeness (QED) is 0.585. The zero-order valence-corrected chi connectivity index (χ0v) is 13.0. The first-order chi connectivity index (χ1) is 9.15. The van der Waals surface area contributed by atoms with Crippen LogP contribution in [0.5, 0.6) is 0 Å². The molecule has 114 valence electrons. The van der Waals surface area contributed by atoms with Gasteiger partial charge in [-0.3, -0.25) is 0 Å². The Hall–Kier alpha value is -0.940. The van der Waals surface area contributed by atoms with Gasteiger partial charge in [0.15, 0.2) is 0 Å². The van der Waals surface area contributed by atoms with Gasteiger partial charge in [0.25, 0.3) is 0 Å². The first kappa shape index (κ1) is 17.1. The van der Waals surface area contributed by atoms with Gasteiger partial charge in [0.2, 0.25) is 20.0 Å². The standard InChI is InChI=1S/C9H15ClN4O4S2/c1-12-9-8(10)5-7(6-13-9)20(17,18)14-3-2-4-19(11,15)16/h5-6,14H,2-4H2,1H3,(H,12,13)(H2,11,15,16). The highest BCUT2D eigenvalue weighted by Crippen LogP contribution is 2.21. The van der Waals surface area contributed by atoms with Gasteiger partial charge in [-0.15, -0.1) is 0 Å². The Morgan fingerprint density at radius 3 is 2.50 bits per heavy atom. The first-order valence-corrected chi connectivity index (χ1v) is 9.07. The first-order valence-electron chi connectivity index (χ1n) is 5.49. The molecule has 20 heavy (non-hydrogen) atoms. The van der Waals surface area contributed by atoms with Crippen molar-refractivity contribution in [3.05, 3.63) is 17.3 Å². The summed E-state index contributed by atoms with van der Waals surface area (Å²) in [6.45, 7) is -0.0514. The minimum Gasteiger partial charge on any atom is -0.372 e. The van der Waals surface area contributed by atoms with Gasteiger partial charge < -0.3 is 5.32 Å². The minimum atomic E-state index is -3.79. The van der Waals surface area contributed by atoms with Gasteiger partial charge in [-0.25, -0.2) is 31.7 Å². The minimum absolute atomic E-state index is 0.0514. The van der Waals surface area contributed by atoms with Crippen LogP contribution in [0.15, 0.2) is 17.2 Å². The molecule has 0 atom stereocenters. The summed E-state index contributed by atoms with van der Waals surface area (Å²) in [5, 5.41) is 7.68. The number of aromatic nitrogens is 1. The zero-order valence-electron chi connectivity index (χ0n) is 10.6. The molecule has 0 aliphatic rings. The number of anilines is 1. The molecule has 1 aromatic heterocycles. The number of halogens is 1. The van der Waals surface area contributed by atoms with E-state index >= 15 is 0 Å². The molecule has 1 heterocycles. The Morgan fingerprint density at radius 2 is 2.00 bits per heavy atom. The number of sulfonamides is 2. The Bertz CT molecular complexity index is 675. The number of hydrogen-bond donors (Lipinski definition) is 3. The third-order valence-electron chi connectivity index (χ3n) is 2.26. The van der Waals surface area contributed by atoms with Crippen molar-refractivity contribution in [2.45, 2.75) is 11.3 Å². The van der Waals surface area contributed by atoms with E-state index in [1.807, 2.05) is 0 Å². The molecule has 0 aromatic carbocycles. The summed E-state index contributed by atoms with van der Waals surface area (Å²) in [6, 6.07) is 1.25. The Kier molecular flexibility index (Phi) is 5.71. The van der Waals surface area contributed by atoms with Crippen molar-refractivity contribution in [1.82, 2.24) is 9.71 Å². The van der Waals surface area contributed by atoms with Crippen LogP contribution in [0.1, 0.15) is 6.42 Å². The van der Waals surface area contributed by atoms with E-state index < -0.39 is 20.0 Å². The lowest BCUT2D eigenvalue weighted by Crippen LogP contribution is -2.27. The fraction of sp³-hybridized carbons (Fsp3) is 0.444. The number of nitrogens with one attached hydrogen (secondary N) is 2. The lowest BCUT2D eigenvalue weighted by molar-refractivity contribution is 0.576. The molecule has 0 spiro atoms. The molecule has 4 N–H and O–H groups in total. The summed E-state index contributed by atoms with van der Waals surface area (Å²) in [5.41, 5.74) is 0. The number of pyridine rings is 1. The van der Waals surface area contributed by atoms with E-state index in [4.69, 9.17) is 16.7 Å². The summed E-state index contributed by atoms with van der Waals surface area (Å²) >= 11 is 5.84. The van der Waals surface area contributed by atoms with E-state index in [1.54, 1.807) is 7.05 Å². The van der Waals surface area contributed by atoms with E-state index in [0.29, 0.717) is 5.82 Å². The maximum Gasteiger partial charge on any atom is 0.242 e. The molecule has 0 saturated carbocycles. The Balaban J connectivity index is 2.72. The van der Waals surface area contributed by atoms with Crippen LogP contribution in [0, 0.1) is 0 Å². The number of rotatable bonds is 7. The van der Waals surface area contributed by atoms with Crippen LogP contribution in [0.3, 0.4) is 0 Å². The summed E-state index contributed by atoms with van der Waals surface area (Å²) in [5.74, 6) is 0.0626. The van der Waals surface area contributed by atoms with E-state index in [-0.39, 0.29) is 28.6 Å². The molecule has 0 saturated heterocycles. The number of primary sulfonamides is 1. The van der Waals surface area contributed by atoms with Crippen molar-refractivity contribution in [3.8, 4) is 0 Å². The van der Waals surface area contributed by atoms with Gasteiger partial charge in [0, 0.05) is 19.8 Å². The van der Waals surface area contributed by atoms with Crippen molar-refractivity contribution in [2.24, 2.45) is 5.14 Å². The molecule has 1 aromatic rings. The van der Waals surface area contributed by atoms with Gasteiger partial charge in [-0.2, -0.15) is 0 Å². The van der Waals surface area contributed by atoms with Crippen molar-refractivity contribution in [1.29, 1.82) is 0 Å². The van der Waals surface area contributed by atoms with Crippen LogP contribution in [-0.2, 0) is 20.0 Å². The molecule has 0 aliphatic heterocycles. The average molecular weight is 343 g/mol. The summed E-state index contributed by atoms with van der Waals surface area (Å²) in [4.78, 5) is 3.75. The Labute approximate surface area is 122 Å². The maximum atomic E-state index is 11.9. The van der Waals surface area contributed by atoms with Crippen LogP contribution >= 0.6 is 11.6 Å². The fourth-order valence-electron chi connectivity index (χ4n) is 1.31. The van der Waals surface area contributed by atoms with Crippen LogP contribution < -0.4 is 15.2 Å². The molecular formula is C9H15ClN4O4S2. The molecule has 0 unspecified atom stereocenters. The second-order valence-electron chi connectivity index (χ2n) is 3.87. The van der Waals surface area contributed by atoms with E-state index in [9.17, 15) is 16.8 Å². The van der Waals surface area contributed by atoms with E-state index in [1.165, 1.54) is 6.07 Å². The van der Waals surface area contributed by atoms with Crippen molar-refractivity contribution < 1.29 is 16.8 Å². The van der Waals surface area contributed by atoms with Crippen LogP contribution in [0.4, 0.5) is 5.82 Å². The second kappa shape index (κ2) is 6.68. The number of nitrogens with zero attached hydrogens (tertiary/aromatic N) is 1. The molecular weight excluding hydrogens is 328 g/mol. The topological polar surface area (TPSA) is 131 Å². The lowest BCUT2D eigenvalue weighted by Gasteiger charge is -2.08. The monoisotopic (exact) mass is 342 g/mol. The van der Waals surface area contributed by atoms with Crippen molar-refractivity contribution in [3.63, 3.8) is 0 Å². The third-order valence-corrected chi connectivity index (χ3v) is 4.83. The largest absolute Gasteiger partial charge is 0.372 e. The van der Waals surface area contributed by atoms with Gasteiger partial charge in [-0.1, -0.05) is 11.6 Å². The zero-order chi connectivity index (χ0) is 15.4. The van der Waals surface area contributed by atoms with Gasteiger partial charge in [0.05, 0.1) is 10.8 Å². The molecule has 0 amide bonds. The highest BCUT2D eigenvalue weighted by atomic mass is 35.5. The second-order valence-corrected chi connectivity index (χ2v) is 7.78. The SMILES string of the molecule is CNc1ncc(S(=O)(=O)NCCCS(N)(=O)=O)cc1Cl. The molecule has 0 bridgehead atoms. The van der Waals surface area contributed by atoms with Crippen molar-refractivity contribution in [2.75, 3.05) is 24.7 Å². The van der Waals surface area contributed by atoms with Crippen LogP contribution in [0.25, 0.3) is 0 Å². The molecule has 0 aliphatic carbocycles. The molecule has 1 rings (SSSR count). The van der Waals surface area contributed by atoms with Gasteiger partial charge >= 0.3 is 0 Å². The highest BCUT2D eigenvalue weighted by molar-refractivity contribution is 7.89. The normalized spacial score (nSPS) is 12.3. The van der Waals surface area contributed by atoms with Crippen LogP contribution in [-0.4, -0.2) is 41.2 Å². The smallest absolute Gasteiger partial charge is 0.242 e. The summed E-state index contributed by atoms with van der Waals surface area (Å²) in [6.07, 6.45) is 1.23. The molecule has 0 fully saturated rings.